The van der Waals surface area contributed by atoms with Crippen molar-refractivity contribution in [2.24, 2.45) is 0 Å². The molecule has 0 N–H and O–H groups in total. The molecule has 0 fully saturated rings. The molecule has 1 aromatic heterocycles. The Balaban J connectivity index is 2.58. The van der Waals surface area contributed by atoms with Crippen LogP contribution in [0.2, 0.25) is 0 Å². The monoisotopic (exact) mass is 183 g/mol. The molecule has 0 aliphatic heterocycles. The van der Waals surface area contributed by atoms with Gasteiger partial charge in [0.05, 0.1) is 5.69 Å². The third kappa shape index (κ3) is 1.56. The highest BCUT2D eigenvalue weighted by Gasteiger charge is 1.98. The lowest BCUT2D eigenvalue weighted by atomic mass is 10.1. The summed E-state index contributed by atoms with van der Waals surface area (Å²) >= 11 is 0. The predicted octanol–water partition coefficient (Wildman–Crippen LogP) is 2.17. The zero-order valence-corrected chi connectivity index (χ0v) is 7.60. The van der Waals surface area contributed by atoms with E-state index >= 15 is 0 Å². The van der Waals surface area contributed by atoms with Gasteiger partial charge in [0, 0.05) is 24.1 Å². The van der Waals surface area contributed by atoms with Gasteiger partial charge in [-0.1, -0.05) is 24.3 Å². The number of pyridine rings is 1. The molecule has 0 aliphatic rings. The molecule has 2 nitrogen and oxygen atoms in total. The smallest absolute Gasteiger partial charge is 0.120 e. The van der Waals surface area contributed by atoms with Crippen LogP contribution < -0.4 is 0 Å². The summed E-state index contributed by atoms with van der Waals surface area (Å²) in [6.45, 7) is 0. The van der Waals surface area contributed by atoms with Crippen LogP contribution in [0.15, 0.2) is 42.6 Å². The zero-order valence-electron chi connectivity index (χ0n) is 7.60. The second-order valence-electron chi connectivity index (χ2n) is 3.00. The van der Waals surface area contributed by atoms with Gasteiger partial charge in [-0.15, -0.1) is 0 Å². The Kier molecular flexibility index (Phi) is 2.39. The molecule has 2 rings (SSSR count). The third-order valence-corrected chi connectivity index (χ3v) is 2.13. The van der Waals surface area contributed by atoms with Crippen LogP contribution in [0.5, 0.6) is 0 Å². The van der Waals surface area contributed by atoms with E-state index in [1.54, 1.807) is 12.1 Å². The van der Waals surface area contributed by atoms with Crippen molar-refractivity contribution in [2.75, 3.05) is 0 Å². The summed E-state index contributed by atoms with van der Waals surface area (Å²) in [5.41, 5.74) is 0.923. The normalized spacial score (nSPS) is 9.71. The second kappa shape index (κ2) is 3.86. The Hall–Kier alpha value is -1.92. The number of carbonyl (C=O) groups excluding carboxylic acids is 1. The van der Waals surface area contributed by atoms with E-state index < -0.39 is 0 Å². The zero-order chi connectivity index (χ0) is 9.80. The molecule has 1 aromatic carbocycles. The molecule has 2 aromatic rings. The van der Waals surface area contributed by atoms with Crippen LogP contribution in [0.25, 0.3) is 10.8 Å². The molecule has 68 valence electrons. The van der Waals surface area contributed by atoms with Gasteiger partial charge in [-0.2, -0.15) is 0 Å². The SMILES string of the molecule is O=C=CCc1nccc2ccccc12. The van der Waals surface area contributed by atoms with Crippen molar-refractivity contribution in [3.8, 4) is 0 Å². The van der Waals surface area contributed by atoms with Crippen molar-refractivity contribution in [3.05, 3.63) is 48.3 Å². The van der Waals surface area contributed by atoms with Gasteiger partial charge < -0.3 is 0 Å². The molecule has 0 saturated heterocycles. The molecule has 0 bridgehead atoms. The van der Waals surface area contributed by atoms with Crippen LogP contribution in [-0.2, 0) is 11.2 Å². The molecule has 2 heteroatoms. The number of nitrogens with zero attached hydrogens (tertiary/aromatic N) is 1. The van der Waals surface area contributed by atoms with Crippen LogP contribution in [0.4, 0.5) is 0 Å². The van der Waals surface area contributed by atoms with Gasteiger partial charge in [-0.3, -0.25) is 4.98 Å². The molecular weight excluding hydrogens is 174 g/mol. The first-order valence-electron chi connectivity index (χ1n) is 4.44. The van der Waals surface area contributed by atoms with Gasteiger partial charge >= 0.3 is 0 Å². The van der Waals surface area contributed by atoms with E-state index in [4.69, 9.17) is 0 Å². The average Bonchev–Trinajstić information content (AvgIpc) is 2.26. The molecule has 0 spiro atoms. The Morgan fingerprint density at radius 1 is 1.29 bits per heavy atom. The fraction of sp³-hybridized carbons (Fsp3) is 0.0833. The summed E-state index contributed by atoms with van der Waals surface area (Å²) in [5, 5.41) is 2.25. The summed E-state index contributed by atoms with van der Waals surface area (Å²) in [7, 11) is 0. The molecule has 0 unspecified atom stereocenters. The van der Waals surface area contributed by atoms with Crippen molar-refractivity contribution in [1.82, 2.24) is 4.98 Å². The summed E-state index contributed by atoms with van der Waals surface area (Å²) in [6.07, 6.45) is 3.76. The van der Waals surface area contributed by atoms with Crippen LogP contribution in [0.1, 0.15) is 5.69 Å². The van der Waals surface area contributed by atoms with E-state index in [1.807, 2.05) is 30.3 Å². The molecule has 0 radical (unpaired) electrons. The van der Waals surface area contributed by atoms with Crippen LogP contribution in [0.3, 0.4) is 0 Å². The van der Waals surface area contributed by atoms with E-state index in [-0.39, 0.29) is 0 Å². The molecule has 1 heterocycles. The van der Waals surface area contributed by atoms with Crippen molar-refractivity contribution in [1.29, 1.82) is 0 Å². The van der Waals surface area contributed by atoms with Gasteiger partial charge in [-0.05, 0) is 11.5 Å². The highest BCUT2D eigenvalue weighted by Crippen LogP contribution is 2.16. The first-order chi connectivity index (χ1) is 6.92. The summed E-state index contributed by atoms with van der Waals surface area (Å²) < 4.78 is 0. The number of fused-ring (bicyclic) bond motifs is 1. The highest BCUT2D eigenvalue weighted by molar-refractivity contribution is 5.84. The maximum absolute atomic E-state index is 10.1. The van der Waals surface area contributed by atoms with E-state index in [0.717, 1.165) is 16.5 Å². The number of rotatable bonds is 2. The second-order valence-corrected chi connectivity index (χ2v) is 3.00. The van der Waals surface area contributed by atoms with Crippen molar-refractivity contribution >= 4 is 16.7 Å². The lowest BCUT2D eigenvalue weighted by Gasteiger charge is -2.01. The predicted molar refractivity (Wildman–Crippen MR) is 55.7 cm³/mol. The van der Waals surface area contributed by atoms with Gasteiger partial charge in [0.15, 0.2) is 0 Å². The van der Waals surface area contributed by atoms with Gasteiger partial charge in [0.2, 0.25) is 0 Å². The van der Waals surface area contributed by atoms with Crippen LogP contribution in [-0.4, -0.2) is 10.9 Å². The van der Waals surface area contributed by atoms with Crippen LogP contribution in [0, 0.1) is 0 Å². The average molecular weight is 183 g/mol. The fourth-order valence-electron chi connectivity index (χ4n) is 1.48. The molecule has 0 atom stereocenters. The maximum atomic E-state index is 10.1. The minimum atomic E-state index is 0.546. The minimum absolute atomic E-state index is 0.546. The quantitative estimate of drug-likeness (QED) is 0.668. The van der Waals surface area contributed by atoms with Crippen molar-refractivity contribution < 1.29 is 4.79 Å². The number of allylic oxidation sites excluding steroid dienone is 1. The molecular formula is C12H9NO. The van der Waals surface area contributed by atoms with E-state index in [1.165, 1.54) is 6.08 Å². The first-order valence-corrected chi connectivity index (χ1v) is 4.44. The minimum Gasteiger partial charge on any atom is -0.260 e. The fourth-order valence-corrected chi connectivity index (χ4v) is 1.48. The largest absolute Gasteiger partial charge is 0.260 e. The van der Waals surface area contributed by atoms with E-state index in [2.05, 4.69) is 4.98 Å². The summed E-state index contributed by atoms with van der Waals surface area (Å²) in [6, 6.07) is 9.96. The number of benzene rings is 1. The lowest BCUT2D eigenvalue weighted by molar-refractivity contribution is 0.568. The number of aromatic nitrogens is 1. The lowest BCUT2D eigenvalue weighted by Crippen LogP contribution is -1.88. The van der Waals surface area contributed by atoms with Crippen molar-refractivity contribution in [3.63, 3.8) is 0 Å². The highest BCUT2D eigenvalue weighted by atomic mass is 16.1. The maximum Gasteiger partial charge on any atom is 0.120 e. The molecule has 0 amide bonds. The van der Waals surface area contributed by atoms with Gasteiger partial charge in [0.25, 0.3) is 0 Å². The van der Waals surface area contributed by atoms with Gasteiger partial charge in [0.1, 0.15) is 5.94 Å². The first kappa shape index (κ1) is 8.67. The third-order valence-electron chi connectivity index (χ3n) is 2.13. The van der Waals surface area contributed by atoms with E-state index in [9.17, 15) is 4.79 Å². The Morgan fingerprint density at radius 2 is 2.14 bits per heavy atom. The molecule has 14 heavy (non-hydrogen) atoms. The van der Waals surface area contributed by atoms with E-state index in [0.29, 0.717) is 6.42 Å². The van der Waals surface area contributed by atoms with Crippen LogP contribution >= 0.6 is 0 Å². The number of hydrogen-bond acceptors (Lipinski definition) is 2. The van der Waals surface area contributed by atoms with Gasteiger partial charge in [-0.25, -0.2) is 4.79 Å². The standard InChI is InChI=1S/C12H9NO/c14-9-3-6-12-11-5-2-1-4-10(11)7-8-13-12/h1-5,7-8H,6H2. The number of hydrogen-bond donors (Lipinski definition) is 0. The van der Waals surface area contributed by atoms with Crippen molar-refractivity contribution in [2.45, 2.75) is 6.42 Å². The Labute approximate surface area is 81.9 Å². The molecule has 0 aliphatic carbocycles. The summed E-state index contributed by atoms with van der Waals surface area (Å²) in [5.74, 6) is 1.77. The Bertz CT molecular complexity index is 493. The summed E-state index contributed by atoms with van der Waals surface area (Å²) in [4.78, 5) is 14.3. The topological polar surface area (TPSA) is 30.0 Å². The molecule has 0 saturated carbocycles. The Morgan fingerprint density at radius 3 is 3.00 bits per heavy atom.